The van der Waals surface area contributed by atoms with E-state index in [1.807, 2.05) is 30.3 Å². The number of benzene rings is 2. The molecule has 102 valence electrons. The summed E-state index contributed by atoms with van der Waals surface area (Å²) in [6.07, 6.45) is 5.12. The number of ketones is 1. The summed E-state index contributed by atoms with van der Waals surface area (Å²) in [7, 11) is 0. The summed E-state index contributed by atoms with van der Waals surface area (Å²) >= 11 is 5.89. The SMILES string of the molecule is O=C(/C=C/c1ccc2ncccc2c1)c1cccc(Cl)c1. The van der Waals surface area contributed by atoms with Gasteiger partial charge in [-0.2, -0.15) is 0 Å². The second kappa shape index (κ2) is 5.90. The van der Waals surface area contributed by atoms with Gasteiger partial charge in [0.15, 0.2) is 5.78 Å². The molecule has 0 saturated heterocycles. The van der Waals surface area contributed by atoms with E-state index in [0.29, 0.717) is 10.6 Å². The molecule has 0 bridgehead atoms. The lowest BCUT2D eigenvalue weighted by atomic mass is 10.1. The second-order valence-corrected chi connectivity index (χ2v) is 5.10. The van der Waals surface area contributed by atoms with Crippen molar-refractivity contribution in [1.29, 1.82) is 0 Å². The molecule has 0 radical (unpaired) electrons. The van der Waals surface area contributed by atoms with Gasteiger partial charge in [0.25, 0.3) is 0 Å². The van der Waals surface area contributed by atoms with Gasteiger partial charge in [-0.3, -0.25) is 9.78 Å². The fraction of sp³-hybridized carbons (Fsp3) is 0. The smallest absolute Gasteiger partial charge is 0.185 e. The van der Waals surface area contributed by atoms with E-state index in [9.17, 15) is 4.79 Å². The standard InChI is InChI=1S/C18H12ClNO/c19-16-5-1-3-15(12-16)18(21)9-7-13-6-8-17-14(11-13)4-2-10-20-17/h1-12H/b9-7+. The Morgan fingerprint density at radius 1 is 1.05 bits per heavy atom. The Morgan fingerprint density at radius 2 is 1.95 bits per heavy atom. The maximum Gasteiger partial charge on any atom is 0.185 e. The number of aromatic nitrogens is 1. The monoisotopic (exact) mass is 293 g/mol. The van der Waals surface area contributed by atoms with Crippen molar-refractivity contribution in [2.75, 3.05) is 0 Å². The third-order valence-corrected chi connectivity index (χ3v) is 3.40. The number of halogens is 1. The van der Waals surface area contributed by atoms with Crippen molar-refractivity contribution in [3.8, 4) is 0 Å². The quantitative estimate of drug-likeness (QED) is 0.513. The first-order chi connectivity index (χ1) is 10.2. The van der Waals surface area contributed by atoms with E-state index in [0.717, 1.165) is 16.5 Å². The zero-order valence-electron chi connectivity index (χ0n) is 11.2. The van der Waals surface area contributed by atoms with Gasteiger partial charge in [0.05, 0.1) is 5.52 Å². The van der Waals surface area contributed by atoms with Crippen molar-refractivity contribution in [2.24, 2.45) is 0 Å². The van der Waals surface area contributed by atoms with Gasteiger partial charge in [-0.25, -0.2) is 0 Å². The van der Waals surface area contributed by atoms with Gasteiger partial charge in [-0.05, 0) is 42.0 Å². The molecule has 0 amide bonds. The van der Waals surface area contributed by atoms with Crippen LogP contribution in [0.25, 0.3) is 17.0 Å². The fourth-order valence-electron chi connectivity index (χ4n) is 2.11. The van der Waals surface area contributed by atoms with Gasteiger partial charge < -0.3 is 0 Å². The molecular weight excluding hydrogens is 282 g/mol. The first-order valence-electron chi connectivity index (χ1n) is 6.55. The molecule has 3 rings (SSSR count). The molecule has 0 fully saturated rings. The summed E-state index contributed by atoms with van der Waals surface area (Å²) in [5.41, 5.74) is 2.49. The van der Waals surface area contributed by atoms with Crippen LogP contribution >= 0.6 is 11.6 Å². The van der Waals surface area contributed by atoms with E-state index in [-0.39, 0.29) is 5.78 Å². The zero-order valence-corrected chi connectivity index (χ0v) is 11.9. The highest BCUT2D eigenvalue weighted by molar-refractivity contribution is 6.31. The van der Waals surface area contributed by atoms with Gasteiger partial charge >= 0.3 is 0 Å². The Kier molecular flexibility index (Phi) is 3.80. The molecule has 3 aromatic rings. The zero-order chi connectivity index (χ0) is 14.7. The van der Waals surface area contributed by atoms with Crippen LogP contribution in [-0.4, -0.2) is 10.8 Å². The summed E-state index contributed by atoms with van der Waals surface area (Å²) in [5, 5.41) is 1.61. The normalized spacial score (nSPS) is 11.1. The van der Waals surface area contributed by atoms with Crippen molar-refractivity contribution < 1.29 is 4.79 Å². The molecule has 0 spiro atoms. The van der Waals surface area contributed by atoms with E-state index >= 15 is 0 Å². The van der Waals surface area contributed by atoms with E-state index in [2.05, 4.69) is 4.98 Å². The molecule has 0 atom stereocenters. The molecular formula is C18H12ClNO. The lowest BCUT2D eigenvalue weighted by Gasteiger charge is -1.99. The first-order valence-corrected chi connectivity index (χ1v) is 6.93. The van der Waals surface area contributed by atoms with Crippen LogP contribution < -0.4 is 0 Å². The lowest BCUT2D eigenvalue weighted by Crippen LogP contribution is -1.93. The highest BCUT2D eigenvalue weighted by atomic mass is 35.5. The lowest BCUT2D eigenvalue weighted by molar-refractivity contribution is 0.104. The van der Waals surface area contributed by atoms with Crippen LogP contribution in [0.1, 0.15) is 15.9 Å². The number of rotatable bonds is 3. The highest BCUT2D eigenvalue weighted by Crippen LogP contribution is 2.15. The fourth-order valence-corrected chi connectivity index (χ4v) is 2.30. The minimum absolute atomic E-state index is 0.0659. The third-order valence-electron chi connectivity index (χ3n) is 3.16. The minimum atomic E-state index is -0.0659. The number of fused-ring (bicyclic) bond motifs is 1. The number of carbonyl (C=O) groups is 1. The molecule has 2 nitrogen and oxygen atoms in total. The van der Waals surface area contributed by atoms with Crippen LogP contribution in [0.4, 0.5) is 0 Å². The molecule has 21 heavy (non-hydrogen) atoms. The number of pyridine rings is 1. The maximum atomic E-state index is 12.1. The predicted molar refractivity (Wildman–Crippen MR) is 86.6 cm³/mol. The largest absolute Gasteiger partial charge is 0.289 e. The average molecular weight is 294 g/mol. The van der Waals surface area contributed by atoms with E-state index in [1.165, 1.54) is 0 Å². The van der Waals surface area contributed by atoms with Crippen molar-refractivity contribution >= 4 is 34.4 Å². The van der Waals surface area contributed by atoms with Crippen LogP contribution in [0.3, 0.4) is 0 Å². The number of hydrogen-bond donors (Lipinski definition) is 0. The van der Waals surface area contributed by atoms with Gasteiger partial charge in [-0.1, -0.05) is 41.9 Å². The summed E-state index contributed by atoms with van der Waals surface area (Å²) in [6, 6.07) is 16.7. The minimum Gasteiger partial charge on any atom is -0.289 e. The second-order valence-electron chi connectivity index (χ2n) is 4.66. The number of hydrogen-bond acceptors (Lipinski definition) is 2. The Labute approximate surface area is 127 Å². The van der Waals surface area contributed by atoms with Crippen LogP contribution in [0.5, 0.6) is 0 Å². The van der Waals surface area contributed by atoms with Crippen molar-refractivity contribution in [3.63, 3.8) is 0 Å². The highest BCUT2D eigenvalue weighted by Gasteiger charge is 2.02. The van der Waals surface area contributed by atoms with Gasteiger partial charge in [-0.15, -0.1) is 0 Å². The average Bonchev–Trinajstić information content (AvgIpc) is 2.52. The van der Waals surface area contributed by atoms with Crippen LogP contribution in [0.2, 0.25) is 5.02 Å². The van der Waals surface area contributed by atoms with Crippen LogP contribution in [0, 0.1) is 0 Å². The molecule has 0 aliphatic carbocycles. The molecule has 0 N–H and O–H groups in total. The van der Waals surface area contributed by atoms with Gasteiger partial charge in [0.1, 0.15) is 0 Å². The molecule has 0 aliphatic heterocycles. The number of allylic oxidation sites excluding steroid dienone is 1. The van der Waals surface area contributed by atoms with Crippen LogP contribution in [-0.2, 0) is 0 Å². The summed E-state index contributed by atoms with van der Waals surface area (Å²) in [4.78, 5) is 16.3. The Hall–Kier alpha value is -2.45. The molecule has 1 aromatic heterocycles. The van der Waals surface area contributed by atoms with Gasteiger partial charge in [0.2, 0.25) is 0 Å². The Morgan fingerprint density at radius 3 is 2.81 bits per heavy atom. The Balaban J connectivity index is 1.85. The molecule has 0 unspecified atom stereocenters. The number of nitrogens with zero attached hydrogens (tertiary/aromatic N) is 1. The van der Waals surface area contributed by atoms with E-state index in [4.69, 9.17) is 11.6 Å². The number of carbonyl (C=O) groups excluding carboxylic acids is 1. The van der Waals surface area contributed by atoms with Crippen molar-refractivity contribution in [3.05, 3.63) is 83.0 Å². The summed E-state index contributed by atoms with van der Waals surface area (Å²) < 4.78 is 0. The molecule has 1 heterocycles. The topological polar surface area (TPSA) is 30.0 Å². The molecule has 0 aliphatic rings. The summed E-state index contributed by atoms with van der Waals surface area (Å²) in [6.45, 7) is 0. The molecule has 0 saturated carbocycles. The van der Waals surface area contributed by atoms with Crippen LogP contribution in [0.15, 0.2) is 66.9 Å². The van der Waals surface area contributed by atoms with Crippen molar-refractivity contribution in [1.82, 2.24) is 4.98 Å². The maximum absolute atomic E-state index is 12.1. The predicted octanol–water partition coefficient (Wildman–Crippen LogP) is 4.78. The summed E-state index contributed by atoms with van der Waals surface area (Å²) in [5.74, 6) is -0.0659. The molecule has 2 aromatic carbocycles. The Bertz CT molecular complexity index is 839. The van der Waals surface area contributed by atoms with Gasteiger partial charge in [0, 0.05) is 22.2 Å². The van der Waals surface area contributed by atoms with Crippen molar-refractivity contribution in [2.45, 2.75) is 0 Å². The van der Waals surface area contributed by atoms with E-state index < -0.39 is 0 Å². The molecule has 3 heteroatoms. The first kappa shape index (κ1) is 13.5. The van der Waals surface area contributed by atoms with E-state index in [1.54, 1.807) is 42.6 Å². The third kappa shape index (κ3) is 3.18.